The van der Waals surface area contributed by atoms with Gasteiger partial charge < -0.3 is 15.0 Å². The van der Waals surface area contributed by atoms with Crippen molar-refractivity contribution in [2.24, 2.45) is 0 Å². The topological polar surface area (TPSA) is 79.0 Å². The Hall–Kier alpha value is -3.20. The van der Waals surface area contributed by atoms with E-state index in [1.807, 2.05) is 60.5 Å². The van der Waals surface area contributed by atoms with Crippen molar-refractivity contribution in [2.45, 2.75) is 11.4 Å². The van der Waals surface area contributed by atoms with Gasteiger partial charge in [0.1, 0.15) is 0 Å². The number of sulfonamides is 1. The average Bonchev–Trinajstić information content (AvgIpc) is 2.88. The van der Waals surface area contributed by atoms with Gasteiger partial charge in [-0.25, -0.2) is 8.42 Å². The van der Waals surface area contributed by atoms with Gasteiger partial charge in [0.25, 0.3) is 5.91 Å². The van der Waals surface area contributed by atoms with Crippen molar-refractivity contribution < 1.29 is 17.9 Å². The Labute approximate surface area is 194 Å². The highest BCUT2D eigenvalue weighted by molar-refractivity contribution is 7.89. The molecule has 1 aliphatic rings. The van der Waals surface area contributed by atoms with Crippen LogP contribution in [0, 0.1) is 0 Å². The first-order valence-electron chi connectivity index (χ1n) is 10.8. The molecule has 0 radical (unpaired) electrons. The maximum atomic E-state index is 13.0. The van der Waals surface area contributed by atoms with E-state index in [-0.39, 0.29) is 10.8 Å². The van der Waals surface area contributed by atoms with Gasteiger partial charge in [-0.1, -0.05) is 42.5 Å². The average molecular weight is 466 g/mol. The number of nitrogens with zero attached hydrogens (tertiary/aromatic N) is 2. The van der Waals surface area contributed by atoms with Crippen LogP contribution in [0.5, 0.6) is 0 Å². The molecule has 4 rings (SSSR count). The molecule has 1 amide bonds. The monoisotopic (exact) mass is 465 g/mol. The van der Waals surface area contributed by atoms with Crippen LogP contribution in [0.1, 0.15) is 15.9 Å². The Kier molecular flexibility index (Phi) is 7.08. The first kappa shape index (κ1) is 23.0. The number of nitrogens with one attached hydrogen (secondary N) is 1. The predicted octanol–water partition coefficient (Wildman–Crippen LogP) is 3.41. The standard InChI is InChI=1S/C25H27N3O4S/c1-27(21-7-3-2-4-8-21)24-10-6-5-9-23(24)25(29)26-19-20-11-13-22(14-12-20)33(30,31)28-15-17-32-18-16-28/h2-14H,15-19H2,1H3,(H,26,29). The Bertz CT molecular complexity index is 1190. The van der Waals surface area contributed by atoms with E-state index in [0.717, 1.165) is 16.9 Å². The van der Waals surface area contributed by atoms with Crippen LogP contribution in [-0.4, -0.2) is 52.0 Å². The smallest absolute Gasteiger partial charge is 0.253 e. The molecule has 3 aromatic carbocycles. The molecule has 0 unspecified atom stereocenters. The van der Waals surface area contributed by atoms with E-state index in [1.165, 1.54) is 4.31 Å². The highest BCUT2D eigenvalue weighted by Crippen LogP contribution is 2.27. The van der Waals surface area contributed by atoms with Gasteiger partial charge in [-0.3, -0.25) is 4.79 Å². The number of hydrogen-bond donors (Lipinski definition) is 1. The lowest BCUT2D eigenvalue weighted by Gasteiger charge is -2.26. The maximum absolute atomic E-state index is 13.0. The van der Waals surface area contributed by atoms with E-state index in [4.69, 9.17) is 4.74 Å². The number of hydrogen-bond acceptors (Lipinski definition) is 5. The lowest BCUT2D eigenvalue weighted by Crippen LogP contribution is -2.40. The molecule has 7 nitrogen and oxygen atoms in total. The molecule has 0 aliphatic carbocycles. The van der Waals surface area contributed by atoms with Gasteiger partial charge in [0.15, 0.2) is 0 Å². The molecular formula is C25H27N3O4S. The van der Waals surface area contributed by atoms with E-state index in [0.29, 0.717) is 38.4 Å². The number of rotatable bonds is 7. The second-order valence-corrected chi connectivity index (χ2v) is 9.69. The molecule has 0 atom stereocenters. The molecule has 1 saturated heterocycles. The highest BCUT2D eigenvalue weighted by Gasteiger charge is 2.26. The molecule has 3 aromatic rings. The SMILES string of the molecule is CN(c1ccccc1)c1ccccc1C(=O)NCc1ccc(S(=O)(=O)N2CCOCC2)cc1. The largest absolute Gasteiger partial charge is 0.379 e. The number of morpholine rings is 1. The molecule has 0 spiro atoms. The molecule has 1 fully saturated rings. The van der Waals surface area contributed by atoms with E-state index >= 15 is 0 Å². The van der Waals surface area contributed by atoms with Crippen molar-refractivity contribution in [3.8, 4) is 0 Å². The first-order chi connectivity index (χ1) is 16.0. The van der Waals surface area contributed by atoms with E-state index < -0.39 is 10.0 Å². The molecule has 1 aliphatic heterocycles. The van der Waals surface area contributed by atoms with E-state index in [1.54, 1.807) is 30.3 Å². The third kappa shape index (κ3) is 5.24. The molecule has 8 heteroatoms. The molecule has 1 heterocycles. The highest BCUT2D eigenvalue weighted by atomic mass is 32.2. The van der Waals surface area contributed by atoms with Crippen LogP contribution in [0.3, 0.4) is 0 Å². The lowest BCUT2D eigenvalue weighted by molar-refractivity contribution is 0.0730. The van der Waals surface area contributed by atoms with E-state index in [2.05, 4.69) is 5.32 Å². The summed E-state index contributed by atoms with van der Waals surface area (Å²) in [7, 11) is -1.61. The van der Waals surface area contributed by atoms with Gasteiger partial charge in [-0.05, 0) is 42.0 Å². The zero-order valence-electron chi connectivity index (χ0n) is 18.5. The van der Waals surface area contributed by atoms with E-state index in [9.17, 15) is 13.2 Å². The predicted molar refractivity (Wildman–Crippen MR) is 128 cm³/mol. The Morgan fingerprint density at radius 2 is 1.58 bits per heavy atom. The van der Waals surface area contributed by atoms with Crippen LogP contribution in [0.2, 0.25) is 0 Å². The summed E-state index contributed by atoms with van der Waals surface area (Å²) < 4.78 is 32.2. The van der Waals surface area contributed by atoms with Crippen LogP contribution < -0.4 is 10.2 Å². The fourth-order valence-electron chi connectivity index (χ4n) is 3.74. The number of benzene rings is 3. The molecular weight excluding hydrogens is 438 g/mol. The lowest BCUT2D eigenvalue weighted by atomic mass is 10.1. The zero-order valence-corrected chi connectivity index (χ0v) is 19.3. The fourth-order valence-corrected chi connectivity index (χ4v) is 5.15. The quantitative estimate of drug-likeness (QED) is 0.579. The van der Waals surface area contributed by atoms with Crippen LogP contribution in [-0.2, 0) is 21.3 Å². The number of anilines is 2. The summed E-state index contributed by atoms with van der Waals surface area (Å²) in [6, 6.07) is 23.9. The number of carbonyl (C=O) groups is 1. The molecule has 172 valence electrons. The van der Waals surface area contributed by atoms with Crippen molar-refractivity contribution in [1.29, 1.82) is 0 Å². The fraction of sp³-hybridized carbons (Fsp3) is 0.240. The summed E-state index contributed by atoms with van der Waals surface area (Å²) in [5.41, 5.74) is 3.16. The molecule has 1 N–H and O–H groups in total. The number of carbonyl (C=O) groups excluding carboxylic acids is 1. The minimum atomic E-state index is -3.53. The Morgan fingerprint density at radius 3 is 2.27 bits per heavy atom. The number of amides is 1. The Balaban J connectivity index is 1.43. The van der Waals surface area contributed by atoms with Gasteiger partial charge in [0.05, 0.1) is 29.4 Å². The van der Waals surface area contributed by atoms with Crippen LogP contribution in [0.4, 0.5) is 11.4 Å². The minimum Gasteiger partial charge on any atom is -0.379 e. The third-order valence-electron chi connectivity index (χ3n) is 5.64. The van der Waals surface area contributed by atoms with Gasteiger partial charge in [0.2, 0.25) is 10.0 Å². The zero-order chi connectivity index (χ0) is 23.3. The normalized spacial score (nSPS) is 14.6. The second-order valence-electron chi connectivity index (χ2n) is 7.75. The number of para-hydroxylation sites is 2. The summed E-state index contributed by atoms with van der Waals surface area (Å²) in [5.74, 6) is -0.196. The van der Waals surface area contributed by atoms with Crippen LogP contribution in [0.25, 0.3) is 0 Å². The summed E-state index contributed by atoms with van der Waals surface area (Å²) in [6.07, 6.45) is 0. The summed E-state index contributed by atoms with van der Waals surface area (Å²) in [5, 5.41) is 2.94. The maximum Gasteiger partial charge on any atom is 0.253 e. The van der Waals surface area contributed by atoms with Crippen molar-refractivity contribution in [3.05, 3.63) is 90.0 Å². The molecule has 0 bridgehead atoms. The van der Waals surface area contributed by atoms with Crippen molar-refractivity contribution in [2.75, 3.05) is 38.3 Å². The van der Waals surface area contributed by atoms with Crippen molar-refractivity contribution >= 4 is 27.3 Å². The summed E-state index contributed by atoms with van der Waals surface area (Å²) in [6.45, 7) is 1.82. The Morgan fingerprint density at radius 1 is 0.939 bits per heavy atom. The summed E-state index contributed by atoms with van der Waals surface area (Å²) >= 11 is 0. The van der Waals surface area contributed by atoms with Crippen LogP contribution in [0.15, 0.2) is 83.8 Å². The number of ether oxygens (including phenoxy) is 1. The van der Waals surface area contributed by atoms with Gasteiger partial charge in [0, 0.05) is 32.4 Å². The molecule has 0 aromatic heterocycles. The molecule has 33 heavy (non-hydrogen) atoms. The van der Waals surface area contributed by atoms with Gasteiger partial charge in [-0.2, -0.15) is 4.31 Å². The minimum absolute atomic E-state index is 0.196. The van der Waals surface area contributed by atoms with Crippen LogP contribution >= 0.6 is 0 Å². The van der Waals surface area contributed by atoms with Crippen molar-refractivity contribution in [1.82, 2.24) is 9.62 Å². The second kappa shape index (κ2) is 10.2. The van der Waals surface area contributed by atoms with Crippen molar-refractivity contribution in [3.63, 3.8) is 0 Å². The third-order valence-corrected chi connectivity index (χ3v) is 7.55. The summed E-state index contributed by atoms with van der Waals surface area (Å²) in [4.78, 5) is 15.2. The van der Waals surface area contributed by atoms with Gasteiger partial charge >= 0.3 is 0 Å². The molecule has 0 saturated carbocycles. The first-order valence-corrected chi connectivity index (χ1v) is 12.2. The van der Waals surface area contributed by atoms with Gasteiger partial charge in [-0.15, -0.1) is 0 Å².